The molecule has 5 unspecified atom stereocenters. The lowest BCUT2D eigenvalue weighted by Crippen LogP contribution is -2.60. The van der Waals surface area contributed by atoms with Crippen molar-refractivity contribution in [2.24, 2.45) is 11.5 Å². The number of aliphatic hydroxyl groups excluding tert-OH is 1. The lowest BCUT2D eigenvalue weighted by Gasteiger charge is -2.26. The largest absolute Gasteiger partial charge is 0.508 e. The zero-order valence-corrected chi connectivity index (χ0v) is 19.2. The number of nitrogens with two attached hydrogens (primary N) is 2. The van der Waals surface area contributed by atoms with Crippen LogP contribution < -0.4 is 27.4 Å². The zero-order chi connectivity index (χ0) is 27.6. The van der Waals surface area contributed by atoms with Crippen molar-refractivity contribution in [1.29, 1.82) is 0 Å². The average Bonchev–Trinajstić information content (AvgIpc) is 2.76. The monoisotopic (exact) mass is 511 g/mol. The van der Waals surface area contributed by atoms with E-state index in [0.29, 0.717) is 5.56 Å². The Balaban J connectivity index is 2.98. The summed E-state index contributed by atoms with van der Waals surface area (Å²) in [5.41, 5.74) is 10.9. The van der Waals surface area contributed by atoms with E-state index in [2.05, 4.69) is 10.6 Å². The highest BCUT2D eigenvalue weighted by Crippen LogP contribution is 2.12. The molecule has 11 N–H and O–H groups in total. The molecule has 0 aliphatic carbocycles. The molecule has 0 aromatic heterocycles. The highest BCUT2D eigenvalue weighted by molar-refractivity contribution is 5.96. The van der Waals surface area contributed by atoms with E-state index in [1.807, 2.05) is 5.32 Å². The fourth-order valence-corrected chi connectivity index (χ4v) is 2.96. The van der Waals surface area contributed by atoms with Gasteiger partial charge in [-0.3, -0.25) is 24.0 Å². The lowest BCUT2D eigenvalue weighted by molar-refractivity contribution is -0.144. The summed E-state index contributed by atoms with van der Waals surface area (Å²) in [6.45, 7) is 1.12. The Hall–Kier alpha value is -4.24. The maximum Gasteiger partial charge on any atom is 0.326 e. The number of amides is 4. The SMILES string of the molecule is CC(O)C(NC(=O)C(CC(=O)O)NC(=O)C(N)CC(N)=O)C(=O)NC(Cc1ccc(O)cc1)C(=O)O. The number of phenolic OH excluding ortho intramolecular Hbond substituents is 1. The van der Waals surface area contributed by atoms with Crippen LogP contribution in [0.3, 0.4) is 0 Å². The van der Waals surface area contributed by atoms with E-state index in [4.69, 9.17) is 16.6 Å². The number of hydrogen-bond acceptors (Lipinski definition) is 9. The van der Waals surface area contributed by atoms with E-state index < -0.39 is 78.7 Å². The van der Waals surface area contributed by atoms with Crippen LogP contribution in [0.15, 0.2) is 24.3 Å². The van der Waals surface area contributed by atoms with E-state index in [9.17, 15) is 44.1 Å². The third-order valence-corrected chi connectivity index (χ3v) is 4.82. The molecule has 0 bridgehead atoms. The van der Waals surface area contributed by atoms with Gasteiger partial charge in [-0.05, 0) is 24.6 Å². The van der Waals surface area contributed by atoms with Crippen LogP contribution in [-0.2, 0) is 35.2 Å². The van der Waals surface area contributed by atoms with Gasteiger partial charge in [-0.25, -0.2) is 4.79 Å². The number of phenols is 1. The number of carbonyl (C=O) groups excluding carboxylic acids is 4. The van der Waals surface area contributed by atoms with Gasteiger partial charge in [0.25, 0.3) is 0 Å². The number of aliphatic hydroxyl groups is 1. The minimum absolute atomic E-state index is 0.0508. The zero-order valence-electron chi connectivity index (χ0n) is 19.2. The summed E-state index contributed by atoms with van der Waals surface area (Å²) in [6, 6.07) is -0.925. The first kappa shape index (κ1) is 29.8. The second-order valence-corrected chi connectivity index (χ2v) is 7.93. The quantitative estimate of drug-likeness (QED) is 0.118. The second kappa shape index (κ2) is 13.6. The van der Waals surface area contributed by atoms with Gasteiger partial charge < -0.3 is 47.8 Å². The summed E-state index contributed by atoms with van der Waals surface area (Å²) < 4.78 is 0. The number of carbonyl (C=O) groups is 6. The van der Waals surface area contributed by atoms with Crippen LogP contribution in [-0.4, -0.2) is 86.3 Å². The van der Waals surface area contributed by atoms with E-state index in [1.54, 1.807) is 0 Å². The standard InChI is InChI=1S/C21H29N5O10/c1-9(27)17(20(34)25-14(21(35)36)6-10-2-4-11(28)5-3-10)26-19(33)13(8-16(30)31)24-18(32)12(22)7-15(23)29/h2-5,9,12-14,17,27-28H,6-8,22H2,1H3,(H2,23,29)(H,24,32)(H,25,34)(H,26,33)(H,30,31)(H,35,36). The number of rotatable bonds is 14. The molecule has 0 spiro atoms. The highest BCUT2D eigenvalue weighted by Gasteiger charge is 2.33. The molecule has 15 heteroatoms. The molecule has 4 amide bonds. The van der Waals surface area contributed by atoms with Crippen LogP contribution in [0.25, 0.3) is 0 Å². The molecule has 5 atom stereocenters. The molecular formula is C21H29N5O10. The predicted octanol–water partition coefficient (Wildman–Crippen LogP) is -3.47. The van der Waals surface area contributed by atoms with Crippen LogP contribution in [0.2, 0.25) is 0 Å². The molecule has 198 valence electrons. The van der Waals surface area contributed by atoms with Gasteiger partial charge >= 0.3 is 11.9 Å². The minimum atomic E-state index is -1.75. The van der Waals surface area contributed by atoms with Crippen molar-refractivity contribution in [3.05, 3.63) is 29.8 Å². The maximum atomic E-state index is 12.7. The molecule has 0 radical (unpaired) electrons. The molecule has 1 rings (SSSR count). The fourth-order valence-electron chi connectivity index (χ4n) is 2.96. The first-order valence-electron chi connectivity index (χ1n) is 10.6. The van der Waals surface area contributed by atoms with E-state index >= 15 is 0 Å². The van der Waals surface area contributed by atoms with Crippen molar-refractivity contribution in [1.82, 2.24) is 16.0 Å². The fraction of sp³-hybridized carbons (Fsp3) is 0.429. The number of nitrogens with one attached hydrogen (secondary N) is 3. The van der Waals surface area contributed by atoms with Gasteiger partial charge in [0.15, 0.2) is 0 Å². The van der Waals surface area contributed by atoms with E-state index in [0.717, 1.165) is 6.92 Å². The van der Waals surface area contributed by atoms with Crippen molar-refractivity contribution in [3.8, 4) is 5.75 Å². The molecule has 0 aliphatic rings. The van der Waals surface area contributed by atoms with Crippen molar-refractivity contribution in [3.63, 3.8) is 0 Å². The van der Waals surface area contributed by atoms with Gasteiger partial charge in [0.2, 0.25) is 23.6 Å². The summed E-state index contributed by atoms with van der Waals surface area (Å²) in [5, 5.41) is 44.2. The van der Waals surface area contributed by atoms with Gasteiger partial charge in [-0.1, -0.05) is 12.1 Å². The normalized spacial score (nSPS) is 14.9. The van der Waals surface area contributed by atoms with E-state index in [-0.39, 0.29) is 12.2 Å². The Morgan fingerprint density at radius 2 is 1.42 bits per heavy atom. The van der Waals surface area contributed by atoms with Crippen molar-refractivity contribution >= 4 is 35.6 Å². The number of primary amides is 1. The minimum Gasteiger partial charge on any atom is -0.508 e. The number of aliphatic carboxylic acids is 2. The van der Waals surface area contributed by atoms with Crippen molar-refractivity contribution in [2.45, 2.75) is 56.5 Å². The summed E-state index contributed by atoms with van der Waals surface area (Å²) in [5.74, 6) is -7.25. The first-order valence-corrected chi connectivity index (χ1v) is 10.6. The summed E-state index contributed by atoms with van der Waals surface area (Å²) in [6.07, 6.45) is -3.27. The van der Waals surface area contributed by atoms with Gasteiger partial charge in [0.1, 0.15) is 23.9 Å². The van der Waals surface area contributed by atoms with Crippen LogP contribution >= 0.6 is 0 Å². The number of benzene rings is 1. The van der Waals surface area contributed by atoms with Crippen LogP contribution in [0.4, 0.5) is 0 Å². The molecule has 15 nitrogen and oxygen atoms in total. The lowest BCUT2D eigenvalue weighted by atomic mass is 10.0. The van der Waals surface area contributed by atoms with Crippen molar-refractivity contribution in [2.75, 3.05) is 0 Å². The van der Waals surface area contributed by atoms with E-state index in [1.165, 1.54) is 24.3 Å². The van der Waals surface area contributed by atoms with Crippen LogP contribution in [0.5, 0.6) is 5.75 Å². The number of carboxylic acid groups (broad SMARTS) is 2. The van der Waals surface area contributed by atoms with Gasteiger partial charge in [-0.15, -0.1) is 0 Å². The third-order valence-electron chi connectivity index (χ3n) is 4.82. The van der Waals surface area contributed by atoms with Crippen LogP contribution in [0, 0.1) is 0 Å². The Morgan fingerprint density at radius 3 is 1.89 bits per heavy atom. The number of hydrogen-bond donors (Lipinski definition) is 9. The van der Waals surface area contributed by atoms with Gasteiger partial charge in [0.05, 0.1) is 25.0 Å². The molecule has 36 heavy (non-hydrogen) atoms. The number of aromatic hydroxyl groups is 1. The van der Waals surface area contributed by atoms with Crippen LogP contribution in [0.1, 0.15) is 25.3 Å². The Morgan fingerprint density at radius 1 is 0.861 bits per heavy atom. The van der Waals surface area contributed by atoms with Gasteiger partial charge in [0, 0.05) is 6.42 Å². The Labute approximate surface area is 204 Å². The molecular weight excluding hydrogens is 482 g/mol. The maximum absolute atomic E-state index is 12.7. The topological polar surface area (TPSA) is 271 Å². The Bertz CT molecular complexity index is 982. The molecule has 1 aromatic carbocycles. The molecule has 0 aliphatic heterocycles. The van der Waals surface area contributed by atoms with Gasteiger partial charge in [-0.2, -0.15) is 0 Å². The Kier molecular flexibility index (Phi) is 11.3. The highest BCUT2D eigenvalue weighted by atomic mass is 16.4. The molecule has 0 fully saturated rings. The average molecular weight is 511 g/mol. The summed E-state index contributed by atoms with van der Waals surface area (Å²) in [4.78, 5) is 71.2. The molecule has 0 saturated heterocycles. The first-order chi connectivity index (χ1) is 16.7. The smallest absolute Gasteiger partial charge is 0.326 e. The summed E-state index contributed by atoms with van der Waals surface area (Å²) in [7, 11) is 0. The second-order valence-electron chi connectivity index (χ2n) is 7.93. The molecule has 1 aromatic rings. The van der Waals surface area contributed by atoms with Crippen molar-refractivity contribution < 1.29 is 49.2 Å². The third kappa shape index (κ3) is 9.94. The predicted molar refractivity (Wildman–Crippen MR) is 121 cm³/mol. The summed E-state index contributed by atoms with van der Waals surface area (Å²) >= 11 is 0. The molecule has 0 heterocycles. The number of carboxylic acids is 2. The molecule has 0 saturated carbocycles.